The van der Waals surface area contributed by atoms with Crippen LogP contribution in [0.25, 0.3) is 10.1 Å². The molecule has 286 valence electrons. The van der Waals surface area contributed by atoms with E-state index >= 15 is 0 Å². The second-order valence-electron chi connectivity index (χ2n) is 15.4. The number of aryl methyl sites for hydroxylation is 3. The number of hydrogen-bond acceptors (Lipinski definition) is 9. The predicted octanol–water partition coefficient (Wildman–Crippen LogP) is 7.79. The van der Waals surface area contributed by atoms with E-state index in [1.807, 2.05) is 26.8 Å². The smallest absolute Gasteiger partial charge is 0.306 e. The molecular formula is C45H50N4O5S. The Morgan fingerprint density at radius 1 is 0.745 bits per heavy atom. The molecule has 2 amide bonds. The van der Waals surface area contributed by atoms with E-state index in [9.17, 15) is 14.4 Å². The summed E-state index contributed by atoms with van der Waals surface area (Å²) in [6, 6.07) is 30.1. The Balaban J connectivity index is 0.939. The first-order valence-electron chi connectivity index (χ1n) is 19.4. The number of carbonyl (C=O) groups is 3. The largest absolute Gasteiger partial charge is 0.493 e. The summed E-state index contributed by atoms with van der Waals surface area (Å²) in [7, 11) is 0. The molecule has 0 N–H and O–H groups in total. The molecule has 0 bridgehead atoms. The molecule has 5 aromatic rings. The maximum Gasteiger partial charge on any atom is 0.306 e. The first-order valence-corrected chi connectivity index (χ1v) is 20.2. The molecule has 0 aliphatic carbocycles. The molecule has 4 aromatic carbocycles. The lowest BCUT2D eigenvalue weighted by Crippen LogP contribution is -2.47. The summed E-state index contributed by atoms with van der Waals surface area (Å²) in [6.07, 6.45) is 3.85. The van der Waals surface area contributed by atoms with Crippen molar-refractivity contribution < 1.29 is 23.9 Å². The van der Waals surface area contributed by atoms with Gasteiger partial charge in [0.2, 0.25) is 0 Å². The van der Waals surface area contributed by atoms with Crippen LogP contribution in [0.2, 0.25) is 0 Å². The third-order valence-electron chi connectivity index (χ3n) is 10.2. The van der Waals surface area contributed by atoms with Gasteiger partial charge in [-0.25, -0.2) is 0 Å². The second-order valence-corrected chi connectivity index (χ2v) is 16.2. The number of aromatic nitrogens is 1. The highest BCUT2D eigenvalue weighted by molar-refractivity contribution is 7.13. The molecule has 1 fully saturated rings. The number of hydrogen-bond donors (Lipinski definition) is 0. The number of carbonyl (C=O) groups excluding carboxylic acids is 3. The van der Waals surface area contributed by atoms with Gasteiger partial charge >= 0.3 is 5.97 Å². The highest BCUT2D eigenvalue weighted by atomic mass is 32.1. The van der Waals surface area contributed by atoms with Gasteiger partial charge in [-0.05, 0) is 117 Å². The molecule has 0 atom stereocenters. The van der Waals surface area contributed by atoms with Crippen molar-refractivity contribution in [3.8, 4) is 5.75 Å². The summed E-state index contributed by atoms with van der Waals surface area (Å²) in [5.41, 5.74) is 4.72. The minimum atomic E-state index is -0.542. The molecule has 2 aliphatic rings. The van der Waals surface area contributed by atoms with Gasteiger partial charge in [0, 0.05) is 51.1 Å². The number of imide groups is 1. The fourth-order valence-electron chi connectivity index (χ4n) is 7.48. The van der Waals surface area contributed by atoms with Gasteiger partial charge in [0.1, 0.15) is 17.2 Å². The van der Waals surface area contributed by atoms with Crippen LogP contribution >= 0.6 is 11.5 Å². The molecule has 0 unspecified atom stereocenters. The molecule has 3 heterocycles. The monoisotopic (exact) mass is 758 g/mol. The topological polar surface area (TPSA) is 92.3 Å². The van der Waals surface area contributed by atoms with E-state index in [2.05, 4.69) is 70.5 Å². The van der Waals surface area contributed by atoms with Crippen LogP contribution in [-0.4, -0.2) is 83.4 Å². The molecule has 9 nitrogen and oxygen atoms in total. The summed E-state index contributed by atoms with van der Waals surface area (Å²) in [6.45, 7) is 11.5. The van der Waals surface area contributed by atoms with E-state index < -0.39 is 5.60 Å². The Kier molecular flexibility index (Phi) is 11.9. The highest BCUT2D eigenvalue weighted by Crippen LogP contribution is 2.30. The maximum atomic E-state index is 13.0. The number of piperazine rings is 1. The van der Waals surface area contributed by atoms with Crippen LogP contribution in [0, 0.1) is 0 Å². The number of ether oxygens (including phenoxy) is 2. The molecule has 10 heteroatoms. The van der Waals surface area contributed by atoms with E-state index in [1.54, 1.807) is 35.8 Å². The number of anilines is 1. The summed E-state index contributed by atoms with van der Waals surface area (Å²) in [4.78, 5) is 45.0. The van der Waals surface area contributed by atoms with Crippen molar-refractivity contribution in [3.05, 3.63) is 124 Å². The van der Waals surface area contributed by atoms with Crippen molar-refractivity contribution in [1.82, 2.24) is 14.2 Å². The zero-order valence-electron chi connectivity index (χ0n) is 32.1. The van der Waals surface area contributed by atoms with Gasteiger partial charge in [-0.15, -0.1) is 0 Å². The lowest BCUT2D eigenvalue weighted by molar-refractivity contribution is -0.154. The van der Waals surface area contributed by atoms with Crippen molar-refractivity contribution in [3.63, 3.8) is 0 Å². The third-order valence-corrected chi connectivity index (χ3v) is 11.0. The highest BCUT2D eigenvalue weighted by Gasteiger charge is 2.34. The predicted molar refractivity (Wildman–Crippen MR) is 218 cm³/mol. The number of amides is 2. The minimum absolute atomic E-state index is 0.233. The van der Waals surface area contributed by atoms with Crippen LogP contribution < -0.4 is 9.64 Å². The number of fused-ring (bicyclic) bond motifs is 2. The average Bonchev–Trinajstić information content (AvgIpc) is 3.72. The van der Waals surface area contributed by atoms with E-state index in [-0.39, 0.29) is 30.7 Å². The third kappa shape index (κ3) is 9.61. The van der Waals surface area contributed by atoms with Gasteiger partial charge < -0.3 is 14.4 Å². The number of para-hydroxylation sites is 1. The Morgan fingerprint density at radius 3 is 2.11 bits per heavy atom. The lowest BCUT2D eigenvalue weighted by Gasteiger charge is -2.35. The van der Waals surface area contributed by atoms with Crippen LogP contribution in [0.1, 0.15) is 76.6 Å². The van der Waals surface area contributed by atoms with E-state index in [0.717, 1.165) is 85.8 Å². The first kappa shape index (κ1) is 38.2. The van der Waals surface area contributed by atoms with Crippen molar-refractivity contribution in [2.75, 3.05) is 50.8 Å². The summed E-state index contributed by atoms with van der Waals surface area (Å²) < 4.78 is 17.9. The van der Waals surface area contributed by atoms with Gasteiger partial charge in [-0.1, -0.05) is 60.7 Å². The first-order chi connectivity index (χ1) is 26.6. The Labute approximate surface area is 328 Å². The molecule has 1 aromatic heterocycles. The summed E-state index contributed by atoms with van der Waals surface area (Å²) >= 11 is 1.58. The normalized spacial score (nSPS) is 14.8. The van der Waals surface area contributed by atoms with Crippen molar-refractivity contribution in [2.24, 2.45) is 0 Å². The SMILES string of the molecule is CC(C)(C)OC(=O)CCc1cc(CCc2ccccc2OCCCN2CCN(c3nsc4ccccc34)CC2)cc(CCN2C(=O)c3ccccc3C2=O)c1. The zero-order chi connectivity index (χ0) is 38.4. The number of esters is 1. The summed E-state index contributed by atoms with van der Waals surface area (Å²) in [5, 5.41) is 1.25. The fourth-order valence-corrected chi connectivity index (χ4v) is 8.27. The molecule has 55 heavy (non-hydrogen) atoms. The van der Waals surface area contributed by atoms with E-state index in [1.165, 1.54) is 15.0 Å². The number of nitrogens with zero attached hydrogens (tertiary/aromatic N) is 4. The summed E-state index contributed by atoms with van der Waals surface area (Å²) in [5.74, 6) is 1.30. The molecule has 1 saturated heterocycles. The van der Waals surface area contributed by atoms with Gasteiger partial charge in [0.05, 0.1) is 22.4 Å². The van der Waals surface area contributed by atoms with Gasteiger partial charge in [-0.2, -0.15) is 4.37 Å². The van der Waals surface area contributed by atoms with Crippen LogP contribution in [0.3, 0.4) is 0 Å². The lowest BCUT2D eigenvalue weighted by atomic mass is 9.96. The van der Waals surface area contributed by atoms with Gasteiger partial charge in [-0.3, -0.25) is 24.2 Å². The average molecular weight is 759 g/mol. The second kappa shape index (κ2) is 17.2. The van der Waals surface area contributed by atoms with Crippen molar-refractivity contribution in [1.29, 1.82) is 0 Å². The quantitative estimate of drug-likeness (QED) is 0.0608. The number of benzene rings is 4. The van der Waals surface area contributed by atoms with Crippen LogP contribution in [-0.2, 0) is 35.2 Å². The van der Waals surface area contributed by atoms with Crippen LogP contribution in [0.5, 0.6) is 5.75 Å². The fraction of sp³-hybridized carbons (Fsp3) is 0.378. The standard InChI is InChI=1S/C45H50N4O5S/c1-45(2,3)54-41(50)20-18-33-29-32(30-34(31-33)21-23-49-43(51)36-12-5-6-13-37(36)44(49)52)17-19-35-11-4-8-15-39(35)53-28-10-22-47-24-26-48(27-25-47)42-38-14-7-9-16-40(38)55-46-42/h4-9,11-16,29-31H,10,17-28H2,1-3H3. The number of rotatable bonds is 15. The maximum absolute atomic E-state index is 13.0. The molecule has 2 aliphatic heterocycles. The van der Waals surface area contributed by atoms with Gasteiger partial charge in [0.15, 0.2) is 0 Å². The molecular weight excluding hydrogens is 709 g/mol. The molecule has 0 radical (unpaired) electrons. The Bertz CT molecular complexity index is 2110. The van der Waals surface area contributed by atoms with Crippen LogP contribution in [0.4, 0.5) is 5.82 Å². The van der Waals surface area contributed by atoms with E-state index in [0.29, 0.717) is 30.6 Å². The minimum Gasteiger partial charge on any atom is -0.493 e. The Morgan fingerprint density at radius 2 is 1.38 bits per heavy atom. The zero-order valence-corrected chi connectivity index (χ0v) is 32.9. The van der Waals surface area contributed by atoms with Crippen LogP contribution in [0.15, 0.2) is 91.0 Å². The van der Waals surface area contributed by atoms with Gasteiger partial charge in [0.25, 0.3) is 11.8 Å². The van der Waals surface area contributed by atoms with E-state index in [4.69, 9.17) is 13.8 Å². The Hall–Kier alpha value is -5.06. The molecule has 0 saturated carbocycles. The molecule has 7 rings (SSSR count). The van der Waals surface area contributed by atoms with Crippen molar-refractivity contribution >= 4 is 45.2 Å². The van der Waals surface area contributed by atoms with Crippen molar-refractivity contribution in [2.45, 2.75) is 64.9 Å². The molecule has 0 spiro atoms.